The number of carbonyl (C=O) groups is 1. The number of halogens is 1. The minimum Gasteiger partial charge on any atom is -0.392 e. The van der Waals surface area contributed by atoms with E-state index in [2.05, 4.69) is 5.32 Å². The van der Waals surface area contributed by atoms with Gasteiger partial charge >= 0.3 is 0 Å². The quantitative estimate of drug-likeness (QED) is 0.832. The van der Waals surface area contributed by atoms with E-state index in [-0.39, 0.29) is 12.5 Å². The topological polar surface area (TPSA) is 49.3 Å². The number of rotatable bonds is 5. The molecule has 2 aromatic rings. The Labute approximate surface area is 123 Å². The summed E-state index contributed by atoms with van der Waals surface area (Å²) in [5.74, 6) is -0.218. The molecule has 4 heteroatoms. The molecule has 104 valence electrons. The molecule has 0 heterocycles. The van der Waals surface area contributed by atoms with Crippen LogP contribution < -0.4 is 5.32 Å². The molecular formula is C16H16ClNO2. The molecule has 0 aliphatic rings. The second-order valence-corrected chi connectivity index (χ2v) is 4.90. The summed E-state index contributed by atoms with van der Waals surface area (Å²) in [7, 11) is 0. The van der Waals surface area contributed by atoms with E-state index in [4.69, 9.17) is 16.7 Å². The van der Waals surface area contributed by atoms with Gasteiger partial charge in [-0.2, -0.15) is 0 Å². The van der Waals surface area contributed by atoms with Crippen LogP contribution in [0.15, 0.2) is 54.6 Å². The van der Waals surface area contributed by atoms with Gasteiger partial charge in [-0.15, -0.1) is 11.6 Å². The van der Waals surface area contributed by atoms with Crippen LogP contribution in [0.2, 0.25) is 0 Å². The maximum absolute atomic E-state index is 12.0. The summed E-state index contributed by atoms with van der Waals surface area (Å²) in [6, 6.07) is 16.6. The smallest absolute Gasteiger partial charge is 0.242 e. The average molecular weight is 290 g/mol. The van der Waals surface area contributed by atoms with Crippen LogP contribution in [0.1, 0.15) is 22.1 Å². The van der Waals surface area contributed by atoms with Gasteiger partial charge in [-0.3, -0.25) is 4.79 Å². The molecule has 1 amide bonds. The Morgan fingerprint density at radius 2 is 1.65 bits per heavy atom. The molecule has 0 aliphatic carbocycles. The minimum atomic E-state index is -0.687. The zero-order valence-corrected chi connectivity index (χ0v) is 11.7. The molecule has 20 heavy (non-hydrogen) atoms. The van der Waals surface area contributed by atoms with Crippen LogP contribution in [-0.4, -0.2) is 11.0 Å². The minimum absolute atomic E-state index is 0.0183. The van der Waals surface area contributed by atoms with Gasteiger partial charge in [0.05, 0.1) is 6.61 Å². The first-order valence-electron chi connectivity index (χ1n) is 6.36. The number of carbonyl (C=O) groups excluding carboxylic acids is 1. The molecule has 0 saturated heterocycles. The standard InChI is InChI=1S/C16H16ClNO2/c17-15(14-4-2-1-3-5-14)16(20)18-10-12-6-8-13(11-19)9-7-12/h1-9,15,19H,10-11H2,(H,18,20). The summed E-state index contributed by atoms with van der Waals surface area (Å²) >= 11 is 6.13. The molecule has 0 aliphatic heterocycles. The fraction of sp³-hybridized carbons (Fsp3) is 0.188. The predicted molar refractivity (Wildman–Crippen MR) is 79.2 cm³/mol. The van der Waals surface area contributed by atoms with Crippen LogP contribution in [0.3, 0.4) is 0 Å². The highest BCUT2D eigenvalue weighted by Gasteiger charge is 2.16. The van der Waals surface area contributed by atoms with E-state index in [1.807, 2.05) is 54.6 Å². The number of aliphatic hydroxyl groups excluding tert-OH is 1. The van der Waals surface area contributed by atoms with Crippen molar-refractivity contribution in [1.82, 2.24) is 5.32 Å². The van der Waals surface area contributed by atoms with Crippen molar-refractivity contribution in [1.29, 1.82) is 0 Å². The van der Waals surface area contributed by atoms with Crippen LogP contribution in [-0.2, 0) is 17.9 Å². The largest absolute Gasteiger partial charge is 0.392 e. The summed E-state index contributed by atoms with van der Waals surface area (Å²) in [5.41, 5.74) is 2.59. The molecule has 3 nitrogen and oxygen atoms in total. The van der Waals surface area contributed by atoms with E-state index in [9.17, 15) is 4.79 Å². The molecule has 0 saturated carbocycles. The summed E-state index contributed by atoms with van der Waals surface area (Å²) in [5, 5.41) is 11.1. The van der Waals surface area contributed by atoms with E-state index >= 15 is 0 Å². The van der Waals surface area contributed by atoms with Crippen LogP contribution >= 0.6 is 11.6 Å². The van der Waals surface area contributed by atoms with Gasteiger partial charge in [0.25, 0.3) is 0 Å². The molecule has 2 rings (SSSR count). The normalized spacial score (nSPS) is 11.9. The van der Waals surface area contributed by atoms with E-state index < -0.39 is 5.38 Å². The molecule has 2 aromatic carbocycles. The lowest BCUT2D eigenvalue weighted by Gasteiger charge is -2.11. The molecule has 0 spiro atoms. The van der Waals surface area contributed by atoms with Gasteiger partial charge in [0.1, 0.15) is 5.38 Å². The third-order valence-electron chi connectivity index (χ3n) is 2.99. The number of alkyl halides is 1. The van der Waals surface area contributed by atoms with Crippen LogP contribution in [0, 0.1) is 0 Å². The molecule has 1 atom stereocenters. The van der Waals surface area contributed by atoms with E-state index in [0.717, 1.165) is 16.7 Å². The van der Waals surface area contributed by atoms with Crippen molar-refractivity contribution in [2.45, 2.75) is 18.5 Å². The molecule has 0 aromatic heterocycles. The zero-order valence-electron chi connectivity index (χ0n) is 10.9. The molecular weight excluding hydrogens is 274 g/mol. The Bertz CT molecular complexity index is 554. The Kier molecular flexibility index (Phi) is 5.16. The van der Waals surface area contributed by atoms with Crippen molar-refractivity contribution in [3.8, 4) is 0 Å². The summed E-state index contributed by atoms with van der Waals surface area (Å²) in [4.78, 5) is 12.0. The van der Waals surface area contributed by atoms with Crippen molar-refractivity contribution >= 4 is 17.5 Å². The van der Waals surface area contributed by atoms with Gasteiger partial charge in [-0.1, -0.05) is 54.6 Å². The lowest BCUT2D eigenvalue weighted by Crippen LogP contribution is -2.26. The lowest BCUT2D eigenvalue weighted by molar-refractivity contribution is -0.121. The summed E-state index contributed by atoms with van der Waals surface area (Å²) < 4.78 is 0. The Morgan fingerprint density at radius 1 is 1.05 bits per heavy atom. The number of hydrogen-bond donors (Lipinski definition) is 2. The third-order valence-corrected chi connectivity index (χ3v) is 3.44. The maximum Gasteiger partial charge on any atom is 0.242 e. The second kappa shape index (κ2) is 7.08. The van der Waals surface area contributed by atoms with E-state index in [1.165, 1.54) is 0 Å². The SMILES string of the molecule is O=C(NCc1ccc(CO)cc1)C(Cl)c1ccccc1. The molecule has 0 bridgehead atoms. The molecule has 2 N–H and O–H groups in total. The van der Waals surface area contributed by atoms with Gasteiger partial charge < -0.3 is 10.4 Å². The number of nitrogens with one attached hydrogen (secondary N) is 1. The van der Waals surface area contributed by atoms with Gasteiger partial charge in [-0.05, 0) is 16.7 Å². The first kappa shape index (κ1) is 14.6. The fourth-order valence-corrected chi connectivity index (χ4v) is 2.04. The molecule has 1 unspecified atom stereocenters. The average Bonchev–Trinajstić information content (AvgIpc) is 2.53. The van der Waals surface area contributed by atoms with Gasteiger partial charge in [0, 0.05) is 6.54 Å². The van der Waals surface area contributed by atoms with Crippen LogP contribution in [0.25, 0.3) is 0 Å². The van der Waals surface area contributed by atoms with Crippen LogP contribution in [0.4, 0.5) is 0 Å². The fourth-order valence-electron chi connectivity index (χ4n) is 1.81. The third kappa shape index (κ3) is 3.83. The summed E-state index contributed by atoms with van der Waals surface area (Å²) in [6.45, 7) is 0.436. The Balaban J connectivity index is 1.91. The van der Waals surface area contributed by atoms with Gasteiger partial charge in [-0.25, -0.2) is 0 Å². The highest BCUT2D eigenvalue weighted by Crippen LogP contribution is 2.20. The second-order valence-electron chi connectivity index (χ2n) is 4.47. The zero-order chi connectivity index (χ0) is 14.4. The molecule has 0 radical (unpaired) electrons. The number of benzene rings is 2. The highest BCUT2D eigenvalue weighted by atomic mass is 35.5. The van der Waals surface area contributed by atoms with Crippen molar-refractivity contribution < 1.29 is 9.90 Å². The first-order chi connectivity index (χ1) is 9.70. The number of hydrogen-bond acceptors (Lipinski definition) is 2. The van der Waals surface area contributed by atoms with Crippen LogP contribution in [0.5, 0.6) is 0 Å². The van der Waals surface area contributed by atoms with Crippen molar-refractivity contribution in [2.75, 3.05) is 0 Å². The van der Waals surface area contributed by atoms with E-state index in [1.54, 1.807) is 0 Å². The maximum atomic E-state index is 12.0. The van der Waals surface area contributed by atoms with E-state index in [0.29, 0.717) is 6.54 Å². The first-order valence-corrected chi connectivity index (χ1v) is 6.80. The van der Waals surface area contributed by atoms with Crippen molar-refractivity contribution in [2.24, 2.45) is 0 Å². The summed E-state index contributed by atoms with van der Waals surface area (Å²) in [6.07, 6.45) is 0. The van der Waals surface area contributed by atoms with Crippen molar-refractivity contribution in [3.05, 3.63) is 71.3 Å². The highest BCUT2D eigenvalue weighted by molar-refractivity contribution is 6.30. The monoisotopic (exact) mass is 289 g/mol. The molecule has 0 fully saturated rings. The predicted octanol–water partition coefficient (Wildman–Crippen LogP) is 2.78. The lowest BCUT2D eigenvalue weighted by atomic mass is 10.1. The Hall–Kier alpha value is -1.84. The van der Waals surface area contributed by atoms with Gasteiger partial charge in [0.2, 0.25) is 5.91 Å². The Morgan fingerprint density at radius 3 is 2.25 bits per heavy atom. The van der Waals surface area contributed by atoms with Gasteiger partial charge in [0.15, 0.2) is 0 Å². The number of aliphatic hydroxyl groups is 1. The number of amides is 1. The van der Waals surface area contributed by atoms with Crippen molar-refractivity contribution in [3.63, 3.8) is 0 Å².